The molecule has 0 aromatic carbocycles. The Morgan fingerprint density at radius 1 is 0.571 bits per heavy atom. The molecule has 0 bridgehead atoms. The average Bonchev–Trinajstić information content (AvgIpc) is 2.32. The van der Waals surface area contributed by atoms with Gasteiger partial charge in [0, 0.05) is 33.0 Å². The summed E-state index contributed by atoms with van der Waals surface area (Å²) < 4.78 is 16.8. The Kier molecular flexibility index (Phi) is 11.4. The van der Waals surface area contributed by atoms with Crippen molar-refractivity contribution in [1.82, 2.24) is 0 Å². The Morgan fingerprint density at radius 3 is 1.52 bits per heavy atom. The largest absolute Gasteiger partial charge is 0.381 e. The zero-order chi connectivity index (χ0) is 16.2. The molecule has 0 saturated heterocycles. The van der Waals surface area contributed by atoms with Crippen molar-refractivity contribution in [3.05, 3.63) is 0 Å². The molecule has 0 aromatic rings. The number of rotatable bonds is 12. The lowest BCUT2D eigenvalue weighted by Crippen LogP contribution is -2.20. The minimum Gasteiger partial charge on any atom is -0.381 e. The summed E-state index contributed by atoms with van der Waals surface area (Å²) in [4.78, 5) is 0. The highest BCUT2D eigenvalue weighted by Crippen LogP contribution is 2.21. The number of hydrogen-bond donors (Lipinski definition) is 0. The maximum absolute atomic E-state index is 5.63. The van der Waals surface area contributed by atoms with Crippen LogP contribution < -0.4 is 0 Å². The van der Waals surface area contributed by atoms with Gasteiger partial charge in [-0.2, -0.15) is 0 Å². The van der Waals surface area contributed by atoms with Crippen LogP contribution in [0.3, 0.4) is 0 Å². The molecule has 0 unspecified atom stereocenters. The van der Waals surface area contributed by atoms with Crippen molar-refractivity contribution >= 4 is 0 Å². The Hall–Kier alpha value is -0.120. The van der Waals surface area contributed by atoms with E-state index in [1.807, 2.05) is 0 Å². The second-order valence-corrected chi connectivity index (χ2v) is 7.91. The molecule has 0 fully saturated rings. The molecule has 0 saturated carbocycles. The van der Waals surface area contributed by atoms with Crippen molar-refractivity contribution in [1.29, 1.82) is 0 Å². The van der Waals surface area contributed by atoms with Crippen molar-refractivity contribution < 1.29 is 14.2 Å². The van der Waals surface area contributed by atoms with Gasteiger partial charge >= 0.3 is 0 Å². The van der Waals surface area contributed by atoms with E-state index in [9.17, 15) is 0 Å². The standard InChI is InChI=1S/C18H38O3/c1-17(2,3)11-7-8-12-19-13-9-14-20-15-10-16-21-18(4,5)6/h7-16H2,1-6H3. The summed E-state index contributed by atoms with van der Waals surface area (Å²) in [6.07, 6.45) is 5.65. The van der Waals surface area contributed by atoms with E-state index in [2.05, 4.69) is 41.5 Å². The molecule has 0 aromatic heterocycles. The van der Waals surface area contributed by atoms with Gasteiger partial charge in [-0.25, -0.2) is 0 Å². The smallest absolute Gasteiger partial charge is 0.0598 e. The molecule has 0 heterocycles. The van der Waals surface area contributed by atoms with Gasteiger partial charge in [-0.3, -0.25) is 0 Å². The molecule has 0 rings (SSSR count). The molecule has 21 heavy (non-hydrogen) atoms. The summed E-state index contributed by atoms with van der Waals surface area (Å²) in [7, 11) is 0. The molecule has 0 spiro atoms. The van der Waals surface area contributed by atoms with Gasteiger partial charge < -0.3 is 14.2 Å². The number of ether oxygens (including phenoxy) is 3. The van der Waals surface area contributed by atoms with Crippen molar-refractivity contribution in [3.8, 4) is 0 Å². The molecular formula is C18H38O3. The summed E-state index contributed by atoms with van der Waals surface area (Å²) in [5, 5.41) is 0. The Bertz CT molecular complexity index is 202. The second kappa shape index (κ2) is 11.4. The quantitative estimate of drug-likeness (QED) is 0.483. The summed E-state index contributed by atoms with van der Waals surface area (Å²) in [5.41, 5.74) is 0.408. The van der Waals surface area contributed by atoms with Crippen LogP contribution in [0.2, 0.25) is 0 Å². The Morgan fingerprint density at radius 2 is 1.05 bits per heavy atom. The second-order valence-electron chi connectivity index (χ2n) is 7.91. The van der Waals surface area contributed by atoms with E-state index < -0.39 is 0 Å². The fourth-order valence-corrected chi connectivity index (χ4v) is 1.87. The van der Waals surface area contributed by atoms with Gasteiger partial charge in [0.2, 0.25) is 0 Å². The highest BCUT2D eigenvalue weighted by atomic mass is 16.5. The van der Waals surface area contributed by atoms with E-state index in [0.717, 1.165) is 45.9 Å². The molecule has 3 heteroatoms. The van der Waals surface area contributed by atoms with Crippen LogP contribution >= 0.6 is 0 Å². The first-order chi connectivity index (χ1) is 9.71. The first kappa shape index (κ1) is 20.9. The topological polar surface area (TPSA) is 27.7 Å². The Labute approximate surface area is 132 Å². The van der Waals surface area contributed by atoms with Crippen molar-refractivity contribution in [3.63, 3.8) is 0 Å². The van der Waals surface area contributed by atoms with E-state index in [0.29, 0.717) is 5.41 Å². The lowest BCUT2D eigenvalue weighted by molar-refractivity contribution is -0.0149. The molecule has 0 radical (unpaired) electrons. The average molecular weight is 302 g/mol. The van der Waals surface area contributed by atoms with Crippen LogP contribution in [0.25, 0.3) is 0 Å². The van der Waals surface area contributed by atoms with Crippen LogP contribution in [0, 0.1) is 5.41 Å². The SMILES string of the molecule is CC(C)(C)CCCCOCCCOCCCOC(C)(C)C. The van der Waals surface area contributed by atoms with Crippen LogP contribution in [0.5, 0.6) is 0 Å². The van der Waals surface area contributed by atoms with Crippen LogP contribution in [0.15, 0.2) is 0 Å². The zero-order valence-corrected chi connectivity index (χ0v) is 15.3. The highest BCUT2D eigenvalue weighted by molar-refractivity contribution is 4.60. The van der Waals surface area contributed by atoms with Gasteiger partial charge in [0.05, 0.1) is 5.60 Å². The first-order valence-corrected chi connectivity index (χ1v) is 8.50. The van der Waals surface area contributed by atoms with Crippen molar-refractivity contribution in [2.45, 2.75) is 79.2 Å². The van der Waals surface area contributed by atoms with Gasteiger partial charge in [-0.05, 0) is 51.9 Å². The van der Waals surface area contributed by atoms with E-state index in [1.165, 1.54) is 19.3 Å². The molecule has 3 nitrogen and oxygen atoms in total. The van der Waals surface area contributed by atoms with Crippen LogP contribution in [0.4, 0.5) is 0 Å². The minimum absolute atomic E-state index is 0.0408. The molecule has 0 atom stereocenters. The maximum Gasteiger partial charge on any atom is 0.0598 e. The summed E-state index contributed by atoms with van der Waals surface area (Å²) >= 11 is 0. The Balaban J connectivity index is 3.10. The molecule has 128 valence electrons. The molecule has 0 N–H and O–H groups in total. The summed E-state index contributed by atoms with van der Waals surface area (Å²) in [6, 6.07) is 0. The van der Waals surface area contributed by atoms with E-state index in [1.54, 1.807) is 0 Å². The fraction of sp³-hybridized carbons (Fsp3) is 1.00. The summed E-state index contributed by atoms with van der Waals surface area (Å²) in [6.45, 7) is 17.1. The molecule has 0 amide bonds. The fourth-order valence-electron chi connectivity index (χ4n) is 1.87. The number of hydrogen-bond acceptors (Lipinski definition) is 3. The van der Waals surface area contributed by atoms with E-state index in [4.69, 9.17) is 14.2 Å². The van der Waals surface area contributed by atoms with Gasteiger partial charge in [0.25, 0.3) is 0 Å². The number of unbranched alkanes of at least 4 members (excludes halogenated alkanes) is 1. The highest BCUT2D eigenvalue weighted by Gasteiger charge is 2.09. The van der Waals surface area contributed by atoms with Crippen LogP contribution in [-0.4, -0.2) is 38.6 Å². The normalized spacial score (nSPS) is 12.9. The monoisotopic (exact) mass is 302 g/mol. The third-order valence-electron chi connectivity index (χ3n) is 3.01. The predicted octanol–water partition coefficient (Wildman–Crippen LogP) is 4.83. The van der Waals surface area contributed by atoms with Crippen molar-refractivity contribution in [2.24, 2.45) is 5.41 Å². The third kappa shape index (κ3) is 19.9. The minimum atomic E-state index is -0.0408. The zero-order valence-electron chi connectivity index (χ0n) is 15.3. The lowest BCUT2D eigenvalue weighted by atomic mass is 9.90. The third-order valence-corrected chi connectivity index (χ3v) is 3.01. The van der Waals surface area contributed by atoms with Gasteiger partial charge in [0.1, 0.15) is 0 Å². The predicted molar refractivity (Wildman–Crippen MR) is 89.9 cm³/mol. The molecule has 0 aliphatic rings. The first-order valence-electron chi connectivity index (χ1n) is 8.50. The summed E-state index contributed by atoms with van der Waals surface area (Å²) in [5.74, 6) is 0. The van der Waals surface area contributed by atoms with Crippen molar-refractivity contribution in [2.75, 3.05) is 33.0 Å². The molecule has 0 aliphatic heterocycles. The van der Waals surface area contributed by atoms with E-state index >= 15 is 0 Å². The van der Waals surface area contributed by atoms with Gasteiger partial charge in [0.15, 0.2) is 0 Å². The lowest BCUT2D eigenvalue weighted by Gasteiger charge is -2.19. The van der Waals surface area contributed by atoms with Gasteiger partial charge in [-0.15, -0.1) is 0 Å². The molecule has 0 aliphatic carbocycles. The van der Waals surface area contributed by atoms with Crippen LogP contribution in [0.1, 0.15) is 73.6 Å². The maximum atomic E-state index is 5.63. The van der Waals surface area contributed by atoms with E-state index in [-0.39, 0.29) is 5.60 Å². The van der Waals surface area contributed by atoms with Gasteiger partial charge in [-0.1, -0.05) is 27.2 Å². The van der Waals surface area contributed by atoms with Crippen LogP contribution in [-0.2, 0) is 14.2 Å². The molecular weight excluding hydrogens is 264 g/mol.